The average Bonchev–Trinajstić information content (AvgIpc) is 2.88. The molecule has 1 amide bonds. The molecule has 1 aromatic heterocycles. The Hall–Kier alpha value is -0.870. The average molecular weight is 267 g/mol. The van der Waals surface area contributed by atoms with E-state index in [2.05, 4.69) is 12.2 Å². The van der Waals surface area contributed by atoms with Crippen LogP contribution in [0.15, 0.2) is 12.1 Å². The zero-order valence-electron chi connectivity index (χ0n) is 10.8. The molecule has 1 heterocycles. The van der Waals surface area contributed by atoms with Crippen molar-refractivity contribution in [1.82, 2.24) is 5.32 Å². The third-order valence-electron chi connectivity index (χ3n) is 3.67. The minimum atomic E-state index is 0.0622. The number of thiophene rings is 1. The van der Waals surface area contributed by atoms with Crippen molar-refractivity contribution in [2.45, 2.75) is 45.1 Å². The van der Waals surface area contributed by atoms with Gasteiger partial charge in [0.2, 0.25) is 0 Å². The van der Waals surface area contributed by atoms with E-state index in [-0.39, 0.29) is 18.6 Å². The van der Waals surface area contributed by atoms with Gasteiger partial charge in [-0.15, -0.1) is 11.3 Å². The van der Waals surface area contributed by atoms with E-state index < -0.39 is 0 Å². The second kappa shape index (κ2) is 6.34. The van der Waals surface area contributed by atoms with Gasteiger partial charge in [0.05, 0.1) is 4.88 Å². The standard InChI is InChI=1S/C14H21NO2S/c1-2-12-7-8-13(18-12)14(17)15-11-5-3-10(9-16)4-6-11/h7-8,10-11,16H,2-6,9H2,1H3,(H,15,17). The highest BCUT2D eigenvalue weighted by atomic mass is 32.1. The first kappa shape index (κ1) is 13.6. The lowest BCUT2D eigenvalue weighted by Crippen LogP contribution is -2.37. The predicted molar refractivity (Wildman–Crippen MR) is 74.0 cm³/mol. The summed E-state index contributed by atoms with van der Waals surface area (Å²) in [5.41, 5.74) is 0. The van der Waals surface area contributed by atoms with Crippen LogP contribution < -0.4 is 5.32 Å². The van der Waals surface area contributed by atoms with E-state index in [4.69, 9.17) is 5.11 Å². The van der Waals surface area contributed by atoms with Gasteiger partial charge in [-0.2, -0.15) is 0 Å². The first-order valence-electron chi connectivity index (χ1n) is 6.73. The fourth-order valence-corrected chi connectivity index (χ4v) is 3.29. The Bertz CT molecular complexity index is 394. The molecule has 1 aromatic rings. The molecule has 1 fully saturated rings. The van der Waals surface area contributed by atoms with Gasteiger partial charge in [-0.1, -0.05) is 6.92 Å². The smallest absolute Gasteiger partial charge is 0.261 e. The van der Waals surface area contributed by atoms with Gasteiger partial charge in [0.25, 0.3) is 5.91 Å². The lowest BCUT2D eigenvalue weighted by molar-refractivity contribution is 0.0918. The summed E-state index contributed by atoms with van der Waals surface area (Å²) >= 11 is 1.58. The van der Waals surface area contributed by atoms with E-state index >= 15 is 0 Å². The molecule has 0 bridgehead atoms. The Labute approximate surface area is 112 Å². The summed E-state index contributed by atoms with van der Waals surface area (Å²) in [6.45, 7) is 2.38. The summed E-state index contributed by atoms with van der Waals surface area (Å²) < 4.78 is 0. The van der Waals surface area contributed by atoms with Gasteiger partial charge in [0.15, 0.2) is 0 Å². The highest BCUT2D eigenvalue weighted by Gasteiger charge is 2.22. The molecule has 0 spiro atoms. The van der Waals surface area contributed by atoms with Crippen molar-refractivity contribution in [3.8, 4) is 0 Å². The molecule has 0 atom stereocenters. The number of nitrogens with one attached hydrogen (secondary N) is 1. The maximum atomic E-state index is 12.0. The minimum Gasteiger partial charge on any atom is -0.396 e. The lowest BCUT2D eigenvalue weighted by Gasteiger charge is -2.27. The molecule has 4 heteroatoms. The second-order valence-corrected chi connectivity index (χ2v) is 6.16. The van der Waals surface area contributed by atoms with Crippen LogP contribution in [-0.4, -0.2) is 23.7 Å². The third kappa shape index (κ3) is 3.33. The molecule has 100 valence electrons. The molecular weight excluding hydrogens is 246 g/mol. The Morgan fingerprint density at radius 1 is 1.39 bits per heavy atom. The van der Waals surface area contributed by atoms with Crippen LogP contribution in [0, 0.1) is 5.92 Å². The van der Waals surface area contributed by atoms with Crippen molar-refractivity contribution >= 4 is 17.2 Å². The van der Waals surface area contributed by atoms with Gasteiger partial charge in [0, 0.05) is 17.5 Å². The van der Waals surface area contributed by atoms with Gasteiger partial charge in [0.1, 0.15) is 0 Å². The van der Waals surface area contributed by atoms with Crippen molar-refractivity contribution in [3.05, 3.63) is 21.9 Å². The summed E-state index contributed by atoms with van der Waals surface area (Å²) in [7, 11) is 0. The van der Waals surface area contributed by atoms with Crippen LogP contribution in [0.5, 0.6) is 0 Å². The van der Waals surface area contributed by atoms with Crippen LogP contribution in [0.3, 0.4) is 0 Å². The van der Waals surface area contributed by atoms with Crippen LogP contribution in [-0.2, 0) is 6.42 Å². The molecule has 2 N–H and O–H groups in total. The first-order valence-corrected chi connectivity index (χ1v) is 7.55. The third-order valence-corrected chi connectivity index (χ3v) is 4.90. The van der Waals surface area contributed by atoms with Crippen LogP contribution in [0.25, 0.3) is 0 Å². The number of rotatable bonds is 4. The van der Waals surface area contributed by atoms with Crippen LogP contribution in [0.2, 0.25) is 0 Å². The molecule has 0 saturated heterocycles. The molecule has 1 saturated carbocycles. The summed E-state index contributed by atoms with van der Waals surface area (Å²) in [4.78, 5) is 14.1. The van der Waals surface area contributed by atoms with Crippen LogP contribution in [0.1, 0.15) is 47.2 Å². The molecule has 0 unspecified atom stereocenters. The quantitative estimate of drug-likeness (QED) is 0.881. The van der Waals surface area contributed by atoms with E-state index in [1.54, 1.807) is 11.3 Å². The Morgan fingerprint density at radius 2 is 2.11 bits per heavy atom. The Kier molecular flexibility index (Phi) is 4.78. The molecule has 3 nitrogen and oxygen atoms in total. The number of aliphatic hydroxyl groups excluding tert-OH is 1. The van der Waals surface area contributed by atoms with Gasteiger partial charge in [-0.3, -0.25) is 4.79 Å². The number of amides is 1. The monoisotopic (exact) mass is 267 g/mol. The van der Waals surface area contributed by atoms with Gasteiger partial charge in [-0.05, 0) is 50.2 Å². The molecule has 1 aliphatic rings. The number of carbonyl (C=O) groups excluding carboxylic acids is 1. The summed E-state index contributed by atoms with van der Waals surface area (Å²) in [6, 6.07) is 4.23. The molecular formula is C14H21NO2S. The van der Waals surface area contributed by atoms with Crippen molar-refractivity contribution in [1.29, 1.82) is 0 Å². The fourth-order valence-electron chi connectivity index (χ4n) is 2.44. The predicted octanol–water partition coefficient (Wildman–Crippen LogP) is 2.59. The zero-order chi connectivity index (χ0) is 13.0. The SMILES string of the molecule is CCc1ccc(C(=O)NC2CCC(CO)CC2)s1. The molecule has 18 heavy (non-hydrogen) atoms. The number of aliphatic hydroxyl groups is 1. The fraction of sp³-hybridized carbons (Fsp3) is 0.643. The van der Waals surface area contributed by atoms with Crippen molar-refractivity contribution in [2.75, 3.05) is 6.61 Å². The molecule has 1 aliphatic carbocycles. The number of hydrogen-bond donors (Lipinski definition) is 2. The largest absolute Gasteiger partial charge is 0.396 e. The normalized spacial score (nSPS) is 23.9. The topological polar surface area (TPSA) is 49.3 Å². The highest BCUT2D eigenvalue weighted by molar-refractivity contribution is 7.14. The number of hydrogen-bond acceptors (Lipinski definition) is 3. The van der Waals surface area contributed by atoms with Gasteiger partial charge >= 0.3 is 0 Å². The maximum Gasteiger partial charge on any atom is 0.261 e. The minimum absolute atomic E-state index is 0.0622. The van der Waals surface area contributed by atoms with E-state index in [1.807, 2.05) is 12.1 Å². The summed E-state index contributed by atoms with van der Waals surface area (Å²) in [6.07, 6.45) is 5.00. The van der Waals surface area contributed by atoms with Gasteiger partial charge in [-0.25, -0.2) is 0 Å². The number of carbonyl (C=O) groups is 1. The number of aryl methyl sites for hydroxylation is 1. The van der Waals surface area contributed by atoms with E-state index in [0.717, 1.165) is 37.0 Å². The van der Waals surface area contributed by atoms with E-state index in [1.165, 1.54) is 4.88 Å². The van der Waals surface area contributed by atoms with Crippen LogP contribution >= 0.6 is 11.3 Å². The van der Waals surface area contributed by atoms with Crippen molar-refractivity contribution in [3.63, 3.8) is 0 Å². The highest BCUT2D eigenvalue weighted by Crippen LogP contribution is 2.24. The van der Waals surface area contributed by atoms with Crippen molar-refractivity contribution < 1.29 is 9.90 Å². The van der Waals surface area contributed by atoms with Crippen LogP contribution in [0.4, 0.5) is 0 Å². The Balaban J connectivity index is 1.84. The lowest BCUT2D eigenvalue weighted by atomic mass is 9.86. The molecule has 0 aliphatic heterocycles. The summed E-state index contributed by atoms with van der Waals surface area (Å²) in [5.74, 6) is 0.499. The molecule has 0 radical (unpaired) electrons. The van der Waals surface area contributed by atoms with E-state index in [0.29, 0.717) is 5.92 Å². The summed E-state index contributed by atoms with van der Waals surface area (Å²) in [5, 5.41) is 12.2. The molecule has 2 rings (SSSR count). The zero-order valence-corrected chi connectivity index (χ0v) is 11.6. The van der Waals surface area contributed by atoms with Gasteiger partial charge < -0.3 is 10.4 Å². The van der Waals surface area contributed by atoms with Crippen molar-refractivity contribution in [2.24, 2.45) is 5.92 Å². The molecule has 0 aromatic carbocycles. The second-order valence-electron chi connectivity index (χ2n) is 4.99. The van der Waals surface area contributed by atoms with E-state index in [9.17, 15) is 4.79 Å². The Morgan fingerprint density at radius 3 is 2.67 bits per heavy atom. The first-order chi connectivity index (χ1) is 8.72. The maximum absolute atomic E-state index is 12.0.